The summed E-state index contributed by atoms with van der Waals surface area (Å²) in [6, 6.07) is 4.52. The van der Waals surface area contributed by atoms with Crippen LogP contribution in [0.5, 0.6) is 11.8 Å². The van der Waals surface area contributed by atoms with Gasteiger partial charge in [0.15, 0.2) is 0 Å². The summed E-state index contributed by atoms with van der Waals surface area (Å²) in [5, 5.41) is 11.1. The van der Waals surface area contributed by atoms with Gasteiger partial charge in [0.2, 0.25) is 11.8 Å². The van der Waals surface area contributed by atoms with E-state index >= 15 is 0 Å². The molecule has 0 spiro atoms. The Morgan fingerprint density at radius 1 is 1.35 bits per heavy atom. The van der Waals surface area contributed by atoms with E-state index in [4.69, 9.17) is 9.47 Å². The van der Waals surface area contributed by atoms with E-state index in [0.717, 1.165) is 0 Å². The van der Waals surface area contributed by atoms with Gasteiger partial charge in [0.25, 0.3) is 11.6 Å². The van der Waals surface area contributed by atoms with Gasteiger partial charge < -0.3 is 14.4 Å². The average Bonchev–Trinajstić information content (AvgIpc) is 3.09. The Morgan fingerprint density at radius 2 is 2.12 bits per heavy atom. The highest BCUT2D eigenvalue weighted by Gasteiger charge is 2.30. The monoisotopic (exact) mass is 358 g/mol. The van der Waals surface area contributed by atoms with Gasteiger partial charge in [-0.15, -0.1) is 0 Å². The first-order valence-electron chi connectivity index (χ1n) is 8.05. The van der Waals surface area contributed by atoms with E-state index in [0.29, 0.717) is 42.4 Å². The Hall–Kier alpha value is -3.23. The summed E-state index contributed by atoms with van der Waals surface area (Å²) >= 11 is 0. The Kier molecular flexibility index (Phi) is 4.97. The molecule has 2 heterocycles. The number of nitro benzene ring substituents is 1. The Bertz CT molecular complexity index is 842. The van der Waals surface area contributed by atoms with E-state index in [1.165, 1.54) is 31.6 Å². The van der Waals surface area contributed by atoms with Crippen LogP contribution in [0.3, 0.4) is 0 Å². The van der Waals surface area contributed by atoms with Gasteiger partial charge >= 0.3 is 0 Å². The predicted octanol–water partition coefficient (Wildman–Crippen LogP) is 2.00. The highest BCUT2D eigenvalue weighted by atomic mass is 16.6. The fraction of sp³-hybridized carbons (Fsp3) is 0.353. The van der Waals surface area contributed by atoms with Crippen molar-refractivity contribution in [2.75, 3.05) is 20.2 Å². The van der Waals surface area contributed by atoms with Crippen LogP contribution < -0.4 is 9.47 Å². The van der Waals surface area contributed by atoms with E-state index in [2.05, 4.69) is 9.97 Å². The first-order valence-corrected chi connectivity index (χ1v) is 8.05. The third kappa shape index (κ3) is 3.56. The molecule has 0 N–H and O–H groups in total. The molecule has 2 aromatic rings. The molecule has 1 unspecified atom stereocenters. The van der Waals surface area contributed by atoms with Gasteiger partial charge in [-0.25, -0.2) is 0 Å². The van der Waals surface area contributed by atoms with Gasteiger partial charge in [-0.2, -0.15) is 4.98 Å². The SMILES string of the molecule is COc1cncc(OC2CCN(C(=O)c3cccc([N+](=O)[O-])c3C)C2)n1. The summed E-state index contributed by atoms with van der Waals surface area (Å²) in [5.41, 5.74) is 0.640. The smallest absolute Gasteiger partial charge is 0.273 e. The number of nitro groups is 1. The molecule has 1 fully saturated rings. The lowest BCUT2D eigenvalue weighted by Crippen LogP contribution is -2.31. The number of rotatable bonds is 5. The Labute approximate surface area is 149 Å². The summed E-state index contributed by atoms with van der Waals surface area (Å²) in [5.74, 6) is 0.435. The summed E-state index contributed by atoms with van der Waals surface area (Å²) in [6.45, 7) is 2.46. The van der Waals surface area contributed by atoms with Crippen LogP contribution in [0.2, 0.25) is 0 Å². The van der Waals surface area contributed by atoms with Crippen molar-refractivity contribution >= 4 is 11.6 Å². The molecule has 136 valence electrons. The largest absolute Gasteiger partial charge is 0.480 e. The van der Waals surface area contributed by atoms with Gasteiger partial charge in [0, 0.05) is 30.2 Å². The number of aromatic nitrogens is 2. The van der Waals surface area contributed by atoms with Crippen LogP contribution in [-0.4, -0.2) is 52.0 Å². The van der Waals surface area contributed by atoms with Gasteiger partial charge in [-0.1, -0.05) is 6.07 Å². The number of amides is 1. The molecule has 3 rings (SSSR count). The maximum Gasteiger partial charge on any atom is 0.273 e. The van der Waals surface area contributed by atoms with Crippen LogP contribution in [0.25, 0.3) is 0 Å². The fourth-order valence-electron chi connectivity index (χ4n) is 2.89. The third-order valence-electron chi connectivity index (χ3n) is 4.25. The number of methoxy groups -OCH3 is 1. The number of carbonyl (C=O) groups excluding carboxylic acids is 1. The molecule has 9 heteroatoms. The molecule has 0 aliphatic carbocycles. The van der Waals surface area contributed by atoms with Crippen LogP contribution >= 0.6 is 0 Å². The minimum atomic E-state index is -0.483. The van der Waals surface area contributed by atoms with Crippen molar-refractivity contribution in [2.45, 2.75) is 19.4 Å². The second-order valence-electron chi connectivity index (χ2n) is 5.89. The molecule has 1 saturated heterocycles. The number of likely N-dealkylation sites (tertiary alicyclic amines) is 1. The normalized spacial score (nSPS) is 16.4. The number of hydrogen-bond acceptors (Lipinski definition) is 7. The van der Waals surface area contributed by atoms with E-state index < -0.39 is 4.92 Å². The van der Waals surface area contributed by atoms with E-state index in [1.54, 1.807) is 17.9 Å². The van der Waals surface area contributed by atoms with E-state index in [1.807, 2.05) is 0 Å². The summed E-state index contributed by atoms with van der Waals surface area (Å²) in [6.07, 6.45) is 3.37. The van der Waals surface area contributed by atoms with Crippen LogP contribution in [0.1, 0.15) is 22.3 Å². The maximum absolute atomic E-state index is 12.7. The molecular weight excluding hydrogens is 340 g/mol. The number of hydrogen-bond donors (Lipinski definition) is 0. The second kappa shape index (κ2) is 7.34. The Balaban J connectivity index is 1.69. The molecule has 1 aliphatic rings. The van der Waals surface area contributed by atoms with E-state index in [-0.39, 0.29) is 17.7 Å². The quantitative estimate of drug-likeness (QED) is 0.594. The zero-order valence-electron chi connectivity index (χ0n) is 14.4. The zero-order valence-corrected chi connectivity index (χ0v) is 14.4. The van der Waals surface area contributed by atoms with Gasteiger partial charge in [0.1, 0.15) is 6.10 Å². The van der Waals surface area contributed by atoms with Gasteiger partial charge in [-0.3, -0.25) is 19.9 Å². The highest BCUT2D eigenvalue weighted by molar-refractivity contribution is 5.96. The number of carbonyl (C=O) groups is 1. The van der Waals surface area contributed by atoms with E-state index in [9.17, 15) is 14.9 Å². The predicted molar refractivity (Wildman–Crippen MR) is 91.4 cm³/mol. The van der Waals surface area contributed by atoms with Crippen LogP contribution in [-0.2, 0) is 0 Å². The fourth-order valence-corrected chi connectivity index (χ4v) is 2.89. The zero-order chi connectivity index (χ0) is 18.7. The maximum atomic E-state index is 12.7. The lowest BCUT2D eigenvalue weighted by Gasteiger charge is -2.18. The molecule has 1 aromatic carbocycles. The van der Waals surface area contributed by atoms with Crippen molar-refractivity contribution in [2.24, 2.45) is 0 Å². The van der Waals surface area contributed by atoms with Crippen molar-refractivity contribution in [3.63, 3.8) is 0 Å². The topological polar surface area (TPSA) is 108 Å². The molecule has 1 amide bonds. The van der Waals surface area contributed by atoms with Gasteiger partial charge in [0.05, 0.1) is 31.0 Å². The molecule has 26 heavy (non-hydrogen) atoms. The standard InChI is InChI=1S/C17H18N4O5/c1-11-13(4-3-5-14(11)21(23)24)17(22)20-7-6-12(10-20)26-16-9-18-8-15(19-16)25-2/h3-5,8-9,12H,6-7,10H2,1-2H3. The van der Waals surface area contributed by atoms with Crippen molar-refractivity contribution in [1.82, 2.24) is 14.9 Å². The lowest BCUT2D eigenvalue weighted by molar-refractivity contribution is -0.385. The molecule has 9 nitrogen and oxygen atoms in total. The van der Waals surface area contributed by atoms with Crippen molar-refractivity contribution < 1.29 is 19.2 Å². The number of nitrogens with zero attached hydrogens (tertiary/aromatic N) is 4. The second-order valence-corrected chi connectivity index (χ2v) is 5.89. The number of benzene rings is 1. The number of ether oxygens (including phenoxy) is 2. The molecule has 0 saturated carbocycles. The van der Waals surface area contributed by atoms with Crippen LogP contribution in [0.15, 0.2) is 30.6 Å². The minimum Gasteiger partial charge on any atom is -0.480 e. The van der Waals surface area contributed by atoms with Gasteiger partial charge in [-0.05, 0) is 13.0 Å². The van der Waals surface area contributed by atoms with Crippen molar-refractivity contribution in [1.29, 1.82) is 0 Å². The first-order chi connectivity index (χ1) is 12.5. The average molecular weight is 358 g/mol. The Morgan fingerprint density at radius 3 is 2.85 bits per heavy atom. The summed E-state index contributed by atoms with van der Waals surface area (Å²) < 4.78 is 10.8. The summed E-state index contributed by atoms with van der Waals surface area (Å²) in [4.78, 5) is 33.1. The summed E-state index contributed by atoms with van der Waals surface area (Å²) in [7, 11) is 1.49. The van der Waals surface area contributed by atoms with Crippen LogP contribution in [0, 0.1) is 17.0 Å². The highest BCUT2D eigenvalue weighted by Crippen LogP contribution is 2.25. The lowest BCUT2D eigenvalue weighted by atomic mass is 10.1. The molecule has 0 bridgehead atoms. The van der Waals surface area contributed by atoms with Crippen molar-refractivity contribution in [3.05, 3.63) is 51.8 Å². The van der Waals surface area contributed by atoms with Crippen LogP contribution in [0.4, 0.5) is 5.69 Å². The van der Waals surface area contributed by atoms with Crippen molar-refractivity contribution in [3.8, 4) is 11.8 Å². The minimum absolute atomic E-state index is 0.0606. The molecule has 1 atom stereocenters. The molecule has 1 aliphatic heterocycles. The first kappa shape index (κ1) is 17.6. The molecular formula is C17H18N4O5. The molecule has 1 aromatic heterocycles. The third-order valence-corrected chi connectivity index (χ3v) is 4.25. The molecule has 0 radical (unpaired) electrons.